The quantitative estimate of drug-likeness (QED) is 0.675. The molecular weight excluding hydrogens is 280 g/mol. The molecule has 1 aromatic carbocycles. The molecule has 3 N–H and O–H groups in total. The number of nitrogens with one attached hydrogen (secondary N) is 2. The average molecular weight is 306 g/mol. The Bertz CT molecular complexity index is 500. The van der Waals surface area contributed by atoms with E-state index in [1.165, 1.54) is 0 Å². The highest BCUT2D eigenvalue weighted by atomic mass is 16.3. The summed E-state index contributed by atoms with van der Waals surface area (Å²) in [6.07, 6.45) is 1.53. The van der Waals surface area contributed by atoms with Crippen LogP contribution >= 0.6 is 0 Å². The van der Waals surface area contributed by atoms with Crippen LogP contribution in [0.5, 0.6) is 0 Å². The number of carbonyl (C=O) groups is 2. The smallest absolute Gasteiger partial charge is 0.313 e. The van der Waals surface area contributed by atoms with E-state index in [4.69, 9.17) is 5.11 Å². The van der Waals surface area contributed by atoms with Gasteiger partial charge in [-0.25, -0.2) is 0 Å². The lowest BCUT2D eigenvalue weighted by Crippen LogP contribution is -2.38. The third-order valence-corrected chi connectivity index (χ3v) is 3.38. The van der Waals surface area contributed by atoms with Crippen molar-refractivity contribution in [1.29, 1.82) is 0 Å². The van der Waals surface area contributed by atoms with Crippen LogP contribution < -0.4 is 10.6 Å². The van der Waals surface area contributed by atoms with E-state index in [9.17, 15) is 9.59 Å². The standard InChI is InChI=1S/C17H26N2O3/c1-12(2)9-14(7-8-20)11-18-16(21)17(22)19-15-6-4-5-13(3)10-15/h4-6,10,12,14,20H,7-9,11H2,1-3H3,(H,18,21)(H,19,22). The summed E-state index contributed by atoms with van der Waals surface area (Å²) in [4.78, 5) is 23.7. The van der Waals surface area contributed by atoms with Crippen LogP contribution in [0.2, 0.25) is 0 Å². The van der Waals surface area contributed by atoms with E-state index in [1.807, 2.05) is 19.1 Å². The van der Waals surface area contributed by atoms with Crippen LogP contribution in [0.3, 0.4) is 0 Å². The van der Waals surface area contributed by atoms with Gasteiger partial charge in [-0.15, -0.1) is 0 Å². The van der Waals surface area contributed by atoms with Gasteiger partial charge in [0, 0.05) is 18.8 Å². The van der Waals surface area contributed by atoms with Gasteiger partial charge in [-0.05, 0) is 49.3 Å². The van der Waals surface area contributed by atoms with Crippen molar-refractivity contribution in [2.24, 2.45) is 11.8 Å². The summed E-state index contributed by atoms with van der Waals surface area (Å²) in [5.41, 5.74) is 1.62. The molecule has 0 saturated heterocycles. The van der Waals surface area contributed by atoms with Crippen LogP contribution in [-0.4, -0.2) is 30.1 Å². The van der Waals surface area contributed by atoms with Gasteiger partial charge in [-0.1, -0.05) is 26.0 Å². The minimum Gasteiger partial charge on any atom is -0.396 e. The highest BCUT2D eigenvalue weighted by molar-refractivity contribution is 6.39. The number of aliphatic hydroxyl groups excluding tert-OH is 1. The maximum Gasteiger partial charge on any atom is 0.313 e. The van der Waals surface area contributed by atoms with E-state index in [1.54, 1.807) is 12.1 Å². The maximum absolute atomic E-state index is 11.8. The predicted molar refractivity (Wildman–Crippen MR) is 87.5 cm³/mol. The van der Waals surface area contributed by atoms with E-state index >= 15 is 0 Å². The summed E-state index contributed by atoms with van der Waals surface area (Å²) < 4.78 is 0. The SMILES string of the molecule is Cc1cccc(NC(=O)C(=O)NCC(CCO)CC(C)C)c1. The lowest BCUT2D eigenvalue weighted by atomic mass is 9.94. The van der Waals surface area contributed by atoms with Gasteiger partial charge in [0.1, 0.15) is 0 Å². The summed E-state index contributed by atoms with van der Waals surface area (Å²) >= 11 is 0. The molecule has 2 amide bonds. The minimum absolute atomic E-state index is 0.0861. The fourth-order valence-corrected chi connectivity index (χ4v) is 2.38. The van der Waals surface area contributed by atoms with Crippen molar-refractivity contribution in [3.8, 4) is 0 Å². The molecule has 1 unspecified atom stereocenters. The number of benzene rings is 1. The molecule has 122 valence electrons. The van der Waals surface area contributed by atoms with E-state index < -0.39 is 11.8 Å². The van der Waals surface area contributed by atoms with Crippen LogP contribution in [0.4, 0.5) is 5.69 Å². The van der Waals surface area contributed by atoms with E-state index in [2.05, 4.69) is 24.5 Å². The first-order valence-corrected chi connectivity index (χ1v) is 7.69. The number of rotatable bonds is 7. The fourth-order valence-electron chi connectivity index (χ4n) is 2.38. The molecular formula is C17H26N2O3. The molecule has 0 aromatic heterocycles. The zero-order chi connectivity index (χ0) is 16.5. The number of hydrogen-bond donors (Lipinski definition) is 3. The molecule has 1 aromatic rings. The predicted octanol–water partition coefficient (Wildman–Crippen LogP) is 2.09. The Hall–Kier alpha value is -1.88. The molecule has 5 heteroatoms. The first-order valence-electron chi connectivity index (χ1n) is 7.69. The summed E-state index contributed by atoms with van der Waals surface area (Å²) in [6, 6.07) is 7.29. The van der Waals surface area contributed by atoms with Crippen LogP contribution in [0, 0.1) is 18.8 Å². The second-order valence-electron chi connectivity index (χ2n) is 6.04. The Balaban J connectivity index is 2.47. The van der Waals surface area contributed by atoms with Crippen molar-refractivity contribution >= 4 is 17.5 Å². The third kappa shape index (κ3) is 6.72. The van der Waals surface area contributed by atoms with Gasteiger partial charge in [0.2, 0.25) is 0 Å². The molecule has 1 rings (SSSR count). The molecule has 0 aliphatic carbocycles. The van der Waals surface area contributed by atoms with Crippen LogP contribution in [-0.2, 0) is 9.59 Å². The number of carbonyl (C=O) groups excluding carboxylic acids is 2. The lowest BCUT2D eigenvalue weighted by Gasteiger charge is -2.18. The second-order valence-corrected chi connectivity index (χ2v) is 6.04. The van der Waals surface area contributed by atoms with E-state index in [0.717, 1.165) is 12.0 Å². The first-order chi connectivity index (χ1) is 10.4. The van der Waals surface area contributed by atoms with Crippen LogP contribution in [0.1, 0.15) is 32.3 Å². The van der Waals surface area contributed by atoms with Gasteiger partial charge in [0.05, 0.1) is 0 Å². The Labute approximate surface area is 132 Å². The molecule has 0 heterocycles. The molecule has 0 aliphatic rings. The highest BCUT2D eigenvalue weighted by Crippen LogP contribution is 2.14. The molecule has 0 radical (unpaired) electrons. The van der Waals surface area contributed by atoms with Gasteiger partial charge in [-0.3, -0.25) is 9.59 Å². The molecule has 5 nitrogen and oxygen atoms in total. The van der Waals surface area contributed by atoms with Gasteiger partial charge in [0.25, 0.3) is 0 Å². The number of aryl methyl sites for hydroxylation is 1. The zero-order valence-electron chi connectivity index (χ0n) is 13.6. The monoisotopic (exact) mass is 306 g/mol. The Kier molecular flexibility index (Phi) is 7.60. The largest absolute Gasteiger partial charge is 0.396 e. The van der Waals surface area contributed by atoms with Gasteiger partial charge < -0.3 is 15.7 Å². The van der Waals surface area contributed by atoms with Crippen molar-refractivity contribution < 1.29 is 14.7 Å². The molecule has 0 spiro atoms. The normalized spacial score (nSPS) is 12.0. The molecule has 1 atom stereocenters. The summed E-state index contributed by atoms with van der Waals surface area (Å²) in [5, 5.41) is 14.3. The van der Waals surface area contributed by atoms with Gasteiger partial charge in [-0.2, -0.15) is 0 Å². The van der Waals surface area contributed by atoms with Crippen molar-refractivity contribution in [1.82, 2.24) is 5.32 Å². The number of hydrogen-bond acceptors (Lipinski definition) is 3. The molecule has 0 fully saturated rings. The number of aliphatic hydroxyl groups is 1. The number of amides is 2. The summed E-state index contributed by atoms with van der Waals surface area (Å²) in [7, 11) is 0. The molecule has 0 saturated carbocycles. The maximum atomic E-state index is 11.8. The average Bonchev–Trinajstić information content (AvgIpc) is 2.44. The third-order valence-electron chi connectivity index (χ3n) is 3.38. The Morgan fingerprint density at radius 1 is 1.23 bits per heavy atom. The van der Waals surface area contributed by atoms with Crippen molar-refractivity contribution in [2.75, 3.05) is 18.5 Å². The van der Waals surface area contributed by atoms with Gasteiger partial charge >= 0.3 is 11.8 Å². The summed E-state index contributed by atoms with van der Waals surface area (Å²) in [6.45, 7) is 6.59. The zero-order valence-corrected chi connectivity index (χ0v) is 13.6. The van der Waals surface area contributed by atoms with Gasteiger partial charge in [0.15, 0.2) is 0 Å². The molecule has 22 heavy (non-hydrogen) atoms. The van der Waals surface area contributed by atoms with Crippen molar-refractivity contribution in [3.05, 3.63) is 29.8 Å². The van der Waals surface area contributed by atoms with E-state index in [-0.39, 0.29) is 12.5 Å². The van der Waals surface area contributed by atoms with Crippen molar-refractivity contribution in [3.63, 3.8) is 0 Å². The lowest BCUT2D eigenvalue weighted by molar-refractivity contribution is -0.136. The van der Waals surface area contributed by atoms with Crippen LogP contribution in [0.15, 0.2) is 24.3 Å². The van der Waals surface area contributed by atoms with Crippen LogP contribution in [0.25, 0.3) is 0 Å². The Morgan fingerprint density at radius 3 is 2.55 bits per heavy atom. The Morgan fingerprint density at radius 2 is 1.95 bits per heavy atom. The molecule has 0 aliphatic heterocycles. The van der Waals surface area contributed by atoms with E-state index in [0.29, 0.717) is 24.6 Å². The number of anilines is 1. The first kappa shape index (κ1) is 18.2. The highest BCUT2D eigenvalue weighted by Gasteiger charge is 2.17. The molecule has 0 bridgehead atoms. The second kappa shape index (κ2) is 9.20. The van der Waals surface area contributed by atoms with Crippen molar-refractivity contribution in [2.45, 2.75) is 33.6 Å². The summed E-state index contributed by atoms with van der Waals surface area (Å²) in [5.74, 6) is -0.651. The topological polar surface area (TPSA) is 78.4 Å². The minimum atomic E-state index is -0.669. The fraction of sp³-hybridized carbons (Fsp3) is 0.529.